The van der Waals surface area contributed by atoms with Gasteiger partial charge in [-0.3, -0.25) is 14.4 Å². The monoisotopic (exact) mass is 536 g/mol. The van der Waals surface area contributed by atoms with E-state index in [0.717, 1.165) is 16.7 Å². The molecule has 39 heavy (non-hydrogen) atoms. The summed E-state index contributed by atoms with van der Waals surface area (Å²) in [6.45, 7) is 12.9. The second kappa shape index (κ2) is 14.0. The fourth-order valence-electron chi connectivity index (χ4n) is 5.79. The Morgan fingerprint density at radius 2 is 1.67 bits per heavy atom. The third-order valence-corrected chi connectivity index (χ3v) is 8.40. The van der Waals surface area contributed by atoms with E-state index in [0.29, 0.717) is 57.0 Å². The highest BCUT2D eigenvalue weighted by molar-refractivity contribution is 5.97. The van der Waals surface area contributed by atoms with E-state index >= 15 is 0 Å². The van der Waals surface area contributed by atoms with Crippen LogP contribution in [0.1, 0.15) is 99.4 Å². The lowest BCUT2D eigenvalue weighted by Gasteiger charge is -2.36. The molecule has 1 unspecified atom stereocenters. The highest BCUT2D eigenvalue weighted by Crippen LogP contribution is 2.41. The van der Waals surface area contributed by atoms with Crippen LogP contribution in [-0.4, -0.2) is 43.8 Å². The first-order valence-electron chi connectivity index (χ1n) is 14.2. The molecule has 0 bridgehead atoms. The van der Waals surface area contributed by atoms with Crippen LogP contribution in [0.5, 0.6) is 5.75 Å². The zero-order valence-electron chi connectivity index (χ0n) is 24.4. The van der Waals surface area contributed by atoms with E-state index in [2.05, 4.69) is 6.92 Å². The highest BCUT2D eigenvalue weighted by atomic mass is 16.5. The summed E-state index contributed by atoms with van der Waals surface area (Å²) in [4.78, 5) is 39.1. The van der Waals surface area contributed by atoms with Crippen LogP contribution in [0.4, 0.5) is 0 Å². The van der Waals surface area contributed by atoms with Crippen LogP contribution in [0.2, 0.25) is 0 Å². The van der Waals surface area contributed by atoms with Gasteiger partial charge in [0.05, 0.1) is 18.3 Å². The molecule has 1 heterocycles. The molecule has 2 aromatic carbocycles. The van der Waals surface area contributed by atoms with Gasteiger partial charge in [-0.15, -0.1) is 0 Å². The summed E-state index contributed by atoms with van der Waals surface area (Å²) < 4.78 is 17.6. The fourth-order valence-corrected chi connectivity index (χ4v) is 5.79. The maximum absolute atomic E-state index is 14.0. The SMILES string of the molecule is CCOc1c(C(C)=O)ccc([C@@H](C)C(CCO[C@@H](C)c2ccccc2)C(=O)CC2(C(C)=O)CCOCC2)c1C. The standard InChI is InChI=1S/C33H44O6/c1-7-38-32-23(3)28(13-14-30(32)24(4)34)22(2)29(15-18-39-25(5)27-11-9-8-10-12-27)31(36)21-33(26(6)35)16-19-37-20-17-33/h8-14,22,25,29H,7,15-21H2,1-6H3/t22-,25+,29?/m1/s1. The van der Waals surface area contributed by atoms with Gasteiger partial charge in [-0.05, 0) is 82.6 Å². The van der Waals surface area contributed by atoms with Gasteiger partial charge in [0, 0.05) is 37.6 Å². The van der Waals surface area contributed by atoms with E-state index in [1.54, 1.807) is 13.0 Å². The van der Waals surface area contributed by atoms with E-state index < -0.39 is 5.41 Å². The molecule has 0 aromatic heterocycles. The first-order valence-corrected chi connectivity index (χ1v) is 14.2. The lowest BCUT2D eigenvalue weighted by atomic mass is 9.69. The average molecular weight is 537 g/mol. The molecule has 6 heteroatoms. The van der Waals surface area contributed by atoms with Gasteiger partial charge in [-0.25, -0.2) is 0 Å². The van der Waals surface area contributed by atoms with Crippen LogP contribution in [0.15, 0.2) is 42.5 Å². The van der Waals surface area contributed by atoms with Crippen LogP contribution in [0.3, 0.4) is 0 Å². The quantitative estimate of drug-likeness (QED) is 0.246. The Kier molecular flexibility index (Phi) is 11.0. The second-order valence-corrected chi connectivity index (χ2v) is 10.8. The number of hydrogen-bond acceptors (Lipinski definition) is 6. The molecule has 1 aliphatic rings. The number of hydrogen-bond donors (Lipinski definition) is 0. The van der Waals surface area contributed by atoms with Crippen molar-refractivity contribution < 1.29 is 28.6 Å². The van der Waals surface area contributed by atoms with Crippen molar-refractivity contribution in [3.8, 4) is 5.75 Å². The van der Waals surface area contributed by atoms with Gasteiger partial charge in [0.15, 0.2) is 5.78 Å². The van der Waals surface area contributed by atoms with Crippen molar-refractivity contribution in [2.75, 3.05) is 26.4 Å². The predicted octanol–water partition coefficient (Wildman–Crippen LogP) is 6.83. The van der Waals surface area contributed by atoms with Gasteiger partial charge < -0.3 is 14.2 Å². The topological polar surface area (TPSA) is 78.9 Å². The van der Waals surface area contributed by atoms with E-state index in [-0.39, 0.29) is 41.7 Å². The maximum atomic E-state index is 14.0. The number of ketones is 3. The number of carbonyl (C=O) groups excluding carboxylic acids is 3. The molecule has 1 fully saturated rings. The third kappa shape index (κ3) is 7.43. The molecule has 0 N–H and O–H groups in total. The minimum atomic E-state index is -0.671. The summed E-state index contributed by atoms with van der Waals surface area (Å²) in [5.41, 5.74) is 2.81. The highest BCUT2D eigenvalue weighted by Gasteiger charge is 2.41. The number of Topliss-reactive ketones (excluding diaryl/α,β-unsaturated/α-hetero) is 3. The minimum Gasteiger partial charge on any atom is -0.493 e. The van der Waals surface area contributed by atoms with E-state index in [4.69, 9.17) is 14.2 Å². The molecule has 3 atom stereocenters. The number of rotatable bonds is 14. The van der Waals surface area contributed by atoms with Crippen molar-refractivity contribution in [3.63, 3.8) is 0 Å². The summed E-state index contributed by atoms with van der Waals surface area (Å²) in [5.74, 6) is 0.142. The van der Waals surface area contributed by atoms with Crippen molar-refractivity contribution in [1.29, 1.82) is 0 Å². The van der Waals surface area contributed by atoms with Gasteiger partial charge in [0.25, 0.3) is 0 Å². The van der Waals surface area contributed by atoms with Crippen molar-refractivity contribution in [3.05, 3.63) is 64.7 Å². The van der Waals surface area contributed by atoms with Crippen LogP contribution in [-0.2, 0) is 19.1 Å². The first-order chi connectivity index (χ1) is 18.6. The first kappa shape index (κ1) is 30.7. The molecule has 212 valence electrons. The van der Waals surface area contributed by atoms with E-state index in [1.165, 1.54) is 6.92 Å². The smallest absolute Gasteiger partial charge is 0.163 e. The molecule has 1 saturated heterocycles. The van der Waals surface area contributed by atoms with Crippen LogP contribution >= 0.6 is 0 Å². The second-order valence-electron chi connectivity index (χ2n) is 10.8. The van der Waals surface area contributed by atoms with Gasteiger partial charge in [0.1, 0.15) is 17.3 Å². The molecular formula is C33H44O6. The third-order valence-electron chi connectivity index (χ3n) is 8.40. The molecule has 0 aliphatic carbocycles. The number of carbonyl (C=O) groups is 3. The zero-order chi connectivity index (χ0) is 28.6. The molecular weight excluding hydrogens is 492 g/mol. The van der Waals surface area contributed by atoms with E-state index in [9.17, 15) is 14.4 Å². The van der Waals surface area contributed by atoms with Gasteiger partial charge in [-0.2, -0.15) is 0 Å². The Bertz CT molecular complexity index is 1130. The molecule has 0 radical (unpaired) electrons. The lowest BCUT2D eigenvalue weighted by Crippen LogP contribution is -2.40. The Hall–Kier alpha value is -2.83. The number of benzene rings is 2. The molecule has 2 aromatic rings. The Labute approximate surface area is 233 Å². The maximum Gasteiger partial charge on any atom is 0.163 e. The molecule has 0 amide bonds. The van der Waals surface area contributed by atoms with Gasteiger partial charge >= 0.3 is 0 Å². The Morgan fingerprint density at radius 3 is 2.26 bits per heavy atom. The average Bonchev–Trinajstić information content (AvgIpc) is 2.92. The fraction of sp³-hybridized carbons (Fsp3) is 0.545. The number of ether oxygens (including phenoxy) is 3. The van der Waals surface area contributed by atoms with Crippen molar-refractivity contribution in [1.82, 2.24) is 0 Å². The van der Waals surface area contributed by atoms with Crippen LogP contribution in [0, 0.1) is 18.3 Å². The normalized spacial score (nSPS) is 17.2. The summed E-state index contributed by atoms with van der Waals surface area (Å²) in [5, 5.41) is 0. The van der Waals surface area contributed by atoms with Crippen LogP contribution in [0.25, 0.3) is 0 Å². The Balaban J connectivity index is 1.90. The summed E-state index contributed by atoms with van der Waals surface area (Å²) in [6.07, 6.45) is 1.77. The zero-order valence-corrected chi connectivity index (χ0v) is 24.4. The summed E-state index contributed by atoms with van der Waals surface area (Å²) in [7, 11) is 0. The molecule has 3 rings (SSSR count). The molecule has 6 nitrogen and oxygen atoms in total. The molecule has 1 aliphatic heterocycles. The van der Waals surface area contributed by atoms with Crippen molar-refractivity contribution in [2.45, 2.75) is 79.2 Å². The predicted molar refractivity (Wildman–Crippen MR) is 152 cm³/mol. The Morgan fingerprint density at radius 1 is 1.00 bits per heavy atom. The van der Waals surface area contributed by atoms with Gasteiger partial charge in [-0.1, -0.05) is 43.3 Å². The van der Waals surface area contributed by atoms with E-state index in [1.807, 2.05) is 57.2 Å². The van der Waals surface area contributed by atoms with Crippen molar-refractivity contribution in [2.24, 2.45) is 11.3 Å². The van der Waals surface area contributed by atoms with Gasteiger partial charge in [0.2, 0.25) is 0 Å². The summed E-state index contributed by atoms with van der Waals surface area (Å²) >= 11 is 0. The minimum absolute atomic E-state index is 0.0557. The van der Waals surface area contributed by atoms with Crippen molar-refractivity contribution >= 4 is 17.3 Å². The van der Waals surface area contributed by atoms with Crippen LogP contribution < -0.4 is 4.74 Å². The molecule has 0 spiro atoms. The lowest BCUT2D eigenvalue weighted by molar-refractivity contribution is -0.140. The summed E-state index contributed by atoms with van der Waals surface area (Å²) in [6, 6.07) is 13.8. The molecule has 0 saturated carbocycles. The largest absolute Gasteiger partial charge is 0.493 e.